The summed E-state index contributed by atoms with van der Waals surface area (Å²) in [4.78, 5) is 6.44. The average Bonchev–Trinajstić information content (AvgIpc) is 2.94. The summed E-state index contributed by atoms with van der Waals surface area (Å²) in [5, 5.41) is 3.95. The van der Waals surface area contributed by atoms with Gasteiger partial charge >= 0.3 is 0 Å². The molecule has 1 aliphatic rings. The first-order valence-corrected chi connectivity index (χ1v) is 9.01. The normalized spacial score (nSPS) is 21.6. The largest absolute Gasteiger partial charge is 0.339 e. The van der Waals surface area contributed by atoms with Crippen LogP contribution < -0.4 is 0 Å². The Bertz CT molecular complexity index is 527. The lowest BCUT2D eigenvalue weighted by Gasteiger charge is -2.16. The van der Waals surface area contributed by atoms with Gasteiger partial charge < -0.3 is 4.52 Å². The number of sulfone groups is 1. The molecule has 1 atom stereocenters. The molecule has 0 aliphatic carbocycles. The van der Waals surface area contributed by atoms with E-state index in [9.17, 15) is 8.42 Å². The summed E-state index contributed by atoms with van der Waals surface area (Å²) in [6.45, 7) is 3.58. The van der Waals surface area contributed by atoms with Crippen LogP contribution in [0.2, 0.25) is 0 Å². The second-order valence-electron chi connectivity index (χ2n) is 5.65. The minimum absolute atomic E-state index is 0.309. The van der Waals surface area contributed by atoms with E-state index in [0.717, 1.165) is 32.2 Å². The van der Waals surface area contributed by atoms with Crippen LogP contribution in [0.25, 0.3) is 0 Å². The molecule has 0 radical (unpaired) electrons. The van der Waals surface area contributed by atoms with Gasteiger partial charge in [-0.2, -0.15) is 4.98 Å². The van der Waals surface area contributed by atoms with Crippen molar-refractivity contribution in [2.75, 3.05) is 25.1 Å². The summed E-state index contributed by atoms with van der Waals surface area (Å²) in [6, 6.07) is 0. The highest BCUT2D eigenvalue weighted by Gasteiger charge is 2.27. The Labute approximate surface area is 120 Å². The Morgan fingerprint density at radius 2 is 2.25 bits per heavy atom. The fourth-order valence-corrected chi connectivity index (χ4v) is 4.40. The van der Waals surface area contributed by atoms with Gasteiger partial charge in [0.2, 0.25) is 5.89 Å². The molecule has 0 aromatic carbocycles. The third-order valence-electron chi connectivity index (χ3n) is 3.63. The van der Waals surface area contributed by atoms with Crippen molar-refractivity contribution in [3.05, 3.63) is 11.7 Å². The van der Waals surface area contributed by atoms with Crippen molar-refractivity contribution in [2.45, 2.75) is 39.2 Å². The predicted molar refractivity (Wildman–Crippen MR) is 76.0 cm³/mol. The van der Waals surface area contributed by atoms with Crippen LogP contribution >= 0.6 is 0 Å². The zero-order chi connectivity index (χ0) is 14.6. The minimum atomic E-state index is -2.76. The molecule has 0 amide bonds. The third-order valence-corrected chi connectivity index (χ3v) is 5.47. The number of rotatable bonds is 7. The number of aromatic nitrogens is 2. The molecule has 2 heterocycles. The third kappa shape index (κ3) is 4.56. The van der Waals surface area contributed by atoms with Gasteiger partial charge in [0.15, 0.2) is 15.7 Å². The maximum atomic E-state index is 11.4. The molecule has 7 heteroatoms. The quantitative estimate of drug-likeness (QED) is 0.755. The lowest BCUT2D eigenvalue weighted by atomic mass is 10.1. The van der Waals surface area contributed by atoms with Crippen LogP contribution in [-0.4, -0.2) is 48.6 Å². The van der Waals surface area contributed by atoms with Crippen molar-refractivity contribution in [2.24, 2.45) is 5.92 Å². The lowest BCUT2D eigenvalue weighted by molar-refractivity contribution is 0.285. The summed E-state index contributed by atoms with van der Waals surface area (Å²) in [5.74, 6) is 2.41. The molecule has 1 fully saturated rings. The second kappa shape index (κ2) is 6.67. The van der Waals surface area contributed by atoms with Gasteiger partial charge in [-0.05, 0) is 38.8 Å². The molecule has 0 N–H and O–H groups in total. The lowest BCUT2D eigenvalue weighted by Crippen LogP contribution is -2.22. The topological polar surface area (TPSA) is 76.3 Å². The van der Waals surface area contributed by atoms with Gasteiger partial charge in [-0.25, -0.2) is 8.42 Å². The van der Waals surface area contributed by atoms with E-state index in [-0.39, 0.29) is 0 Å². The summed E-state index contributed by atoms with van der Waals surface area (Å²) >= 11 is 0. The van der Waals surface area contributed by atoms with Gasteiger partial charge in [-0.1, -0.05) is 12.1 Å². The predicted octanol–water partition coefficient (Wildman–Crippen LogP) is 1.28. The maximum Gasteiger partial charge on any atom is 0.226 e. The fraction of sp³-hybridized carbons (Fsp3) is 0.846. The zero-order valence-electron chi connectivity index (χ0n) is 12.2. The smallest absolute Gasteiger partial charge is 0.226 e. The molecule has 0 unspecified atom stereocenters. The Balaban J connectivity index is 1.73. The molecule has 0 spiro atoms. The Hall–Kier alpha value is -0.950. The summed E-state index contributed by atoms with van der Waals surface area (Å²) in [5.41, 5.74) is 0. The van der Waals surface area contributed by atoms with Crippen LogP contribution in [0.1, 0.15) is 37.9 Å². The molecular formula is C13H23N3O3S. The molecule has 6 nitrogen and oxygen atoms in total. The number of nitrogens with zero attached hydrogens (tertiary/aromatic N) is 3. The zero-order valence-corrected chi connectivity index (χ0v) is 13.0. The maximum absolute atomic E-state index is 11.4. The standard InChI is InChI=1S/C13H23N3O3S/c1-3-4-13-14-12(15-19-13)9-16(2)7-5-11-6-8-20(17,18)10-11/h11H,3-10H2,1-2H3/t11-/m1/s1. The number of hydrogen-bond acceptors (Lipinski definition) is 6. The summed E-state index contributed by atoms with van der Waals surface area (Å²) in [7, 11) is -0.764. The molecule has 20 heavy (non-hydrogen) atoms. The van der Waals surface area contributed by atoms with E-state index in [1.54, 1.807) is 0 Å². The van der Waals surface area contributed by atoms with E-state index in [1.807, 2.05) is 7.05 Å². The first kappa shape index (κ1) is 15.4. The van der Waals surface area contributed by atoms with Crippen molar-refractivity contribution >= 4 is 9.84 Å². The molecular weight excluding hydrogens is 278 g/mol. The van der Waals surface area contributed by atoms with Crippen molar-refractivity contribution in [1.29, 1.82) is 0 Å². The molecule has 1 aromatic rings. The summed E-state index contributed by atoms with van der Waals surface area (Å²) in [6.07, 6.45) is 3.53. The first-order valence-electron chi connectivity index (χ1n) is 7.19. The van der Waals surface area contributed by atoms with Gasteiger partial charge in [0.1, 0.15) is 0 Å². The van der Waals surface area contributed by atoms with Crippen molar-refractivity contribution in [3.8, 4) is 0 Å². The van der Waals surface area contributed by atoms with Gasteiger partial charge in [0, 0.05) is 6.42 Å². The van der Waals surface area contributed by atoms with Crippen LogP contribution in [0.5, 0.6) is 0 Å². The van der Waals surface area contributed by atoms with Crippen LogP contribution in [0, 0.1) is 5.92 Å². The Morgan fingerprint density at radius 1 is 1.45 bits per heavy atom. The average molecular weight is 301 g/mol. The van der Waals surface area contributed by atoms with Crippen LogP contribution in [0.4, 0.5) is 0 Å². The van der Waals surface area contributed by atoms with Crippen molar-refractivity contribution in [1.82, 2.24) is 15.0 Å². The highest BCUT2D eigenvalue weighted by atomic mass is 32.2. The molecule has 1 aliphatic heterocycles. The SMILES string of the molecule is CCCc1nc(CN(C)CC[C@@H]2CCS(=O)(=O)C2)no1. The van der Waals surface area contributed by atoms with Gasteiger partial charge in [-0.3, -0.25) is 4.90 Å². The summed E-state index contributed by atoms with van der Waals surface area (Å²) < 4.78 is 27.9. The Morgan fingerprint density at radius 3 is 2.90 bits per heavy atom. The minimum Gasteiger partial charge on any atom is -0.339 e. The van der Waals surface area contributed by atoms with Gasteiger partial charge in [0.05, 0.1) is 18.1 Å². The van der Waals surface area contributed by atoms with E-state index >= 15 is 0 Å². The number of aryl methyl sites for hydroxylation is 1. The van der Waals surface area contributed by atoms with E-state index in [0.29, 0.717) is 35.7 Å². The van der Waals surface area contributed by atoms with Crippen LogP contribution in [0.3, 0.4) is 0 Å². The highest BCUT2D eigenvalue weighted by molar-refractivity contribution is 7.91. The Kier molecular flexibility index (Phi) is 5.15. The fourth-order valence-electron chi connectivity index (χ4n) is 2.49. The highest BCUT2D eigenvalue weighted by Crippen LogP contribution is 2.21. The van der Waals surface area contributed by atoms with Crippen molar-refractivity contribution in [3.63, 3.8) is 0 Å². The molecule has 2 rings (SSSR count). The monoisotopic (exact) mass is 301 g/mol. The van der Waals surface area contributed by atoms with Crippen LogP contribution in [-0.2, 0) is 22.8 Å². The molecule has 1 saturated heterocycles. The molecule has 114 valence electrons. The van der Waals surface area contributed by atoms with Crippen molar-refractivity contribution < 1.29 is 12.9 Å². The van der Waals surface area contributed by atoms with E-state index in [2.05, 4.69) is 22.0 Å². The van der Waals surface area contributed by atoms with E-state index < -0.39 is 9.84 Å². The second-order valence-corrected chi connectivity index (χ2v) is 7.88. The van der Waals surface area contributed by atoms with Gasteiger partial charge in [-0.15, -0.1) is 0 Å². The number of hydrogen-bond donors (Lipinski definition) is 0. The molecule has 0 bridgehead atoms. The van der Waals surface area contributed by atoms with Gasteiger partial charge in [0.25, 0.3) is 0 Å². The van der Waals surface area contributed by atoms with E-state index in [4.69, 9.17) is 4.52 Å². The molecule has 1 aromatic heterocycles. The first-order chi connectivity index (χ1) is 9.48. The van der Waals surface area contributed by atoms with Crippen LogP contribution in [0.15, 0.2) is 4.52 Å². The van der Waals surface area contributed by atoms with E-state index in [1.165, 1.54) is 0 Å². The molecule has 0 saturated carbocycles.